The summed E-state index contributed by atoms with van der Waals surface area (Å²) in [7, 11) is 3.39. The molecule has 0 aromatic heterocycles. The van der Waals surface area contributed by atoms with Crippen LogP contribution in [-0.2, 0) is 15.0 Å². The molecule has 2 rings (SSSR count). The summed E-state index contributed by atoms with van der Waals surface area (Å²) in [5, 5.41) is 0. The van der Waals surface area contributed by atoms with Crippen LogP contribution < -0.4 is 0 Å². The third-order valence-electron chi connectivity index (χ3n) is 4.45. The zero-order valence-electron chi connectivity index (χ0n) is 15.6. The van der Waals surface area contributed by atoms with E-state index in [1.165, 1.54) is 22.7 Å². The molecule has 1 aromatic carbocycles. The third kappa shape index (κ3) is 4.38. The molecule has 1 aliphatic rings. The molecule has 0 N–H and O–H groups in total. The molecule has 1 heterocycles. The van der Waals surface area contributed by atoms with Crippen LogP contribution in [0.3, 0.4) is 0 Å². The van der Waals surface area contributed by atoms with E-state index >= 15 is 0 Å². The van der Waals surface area contributed by atoms with Gasteiger partial charge in [-0.25, -0.2) is 0 Å². The van der Waals surface area contributed by atoms with E-state index in [1.54, 1.807) is 4.90 Å². The molecule has 0 unspecified atom stereocenters. The van der Waals surface area contributed by atoms with Crippen LogP contribution in [0, 0.1) is 6.92 Å². The normalized spacial score (nSPS) is 18.0. The second-order valence-electron chi connectivity index (χ2n) is 6.79. The zero-order valence-corrected chi connectivity index (χ0v) is 16.5. The Balaban J connectivity index is 2.12. The number of likely N-dealkylation sites (N-methyl/N-ethyl adjacent to an activating group) is 1. The predicted molar refractivity (Wildman–Crippen MR) is 98.4 cm³/mol. The highest BCUT2D eigenvalue weighted by molar-refractivity contribution is 7.86. The number of benzene rings is 1. The summed E-state index contributed by atoms with van der Waals surface area (Å²) < 4.78 is 27.0. The summed E-state index contributed by atoms with van der Waals surface area (Å²) in [6, 6.07) is 7.58. The van der Waals surface area contributed by atoms with Crippen molar-refractivity contribution in [2.45, 2.75) is 13.0 Å². The molecule has 1 amide bonds. The Morgan fingerprint density at radius 1 is 1.08 bits per heavy atom. The van der Waals surface area contributed by atoms with Crippen molar-refractivity contribution in [2.24, 2.45) is 0 Å². The molecule has 0 aliphatic carbocycles. The summed E-state index contributed by atoms with van der Waals surface area (Å²) in [5.41, 5.74) is 2.07. The van der Waals surface area contributed by atoms with Gasteiger partial charge in [-0.1, -0.05) is 29.8 Å². The summed E-state index contributed by atoms with van der Waals surface area (Å²) >= 11 is 0. The van der Waals surface area contributed by atoms with E-state index in [2.05, 4.69) is 0 Å². The van der Waals surface area contributed by atoms with E-state index in [4.69, 9.17) is 0 Å². The first-order valence-electron chi connectivity index (χ1n) is 8.34. The van der Waals surface area contributed by atoms with Crippen molar-refractivity contribution in [1.82, 2.24) is 18.4 Å². The quantitative estimate of drug-likeness (QED) is 0.761. The van der Waals surface area contributed by atoms with Crippen LogP contribution in [0.2, 0.25) is 0 Å². The van der Waals surface area contributed by atoms with Gasteiger partial charge in [0.2, 0.25) is 5.91 Å². The van der Waals surface area contributed by atoms with Crippen LogP contribution in [0.1, 0.15) is 17.2 Å². The number of nitrogens with zero attached hydrogens (tertiary/aromatic N) is 4. The lowest BCUT2D eigenvalue weighted by atomic mass is 10.0. The lowest BCUT2D eigenvalue weighted by molar-refractivity contribution is -0.137. The lowest BCUT2D eigenvalue weighted by Crippen LogP contribution is -2.54. The average Bonchev–Trinajstić information content (AvgIpc) is 2.54. The third-order valence-corrected chi connectivity index (χ3v) is 6.39. The van der Waals surface area contributed by atoms with Gasteiger partial charge in [0.1, 0.15) is 6.04 Å². The number of amides is 1. The average molecular weight is 369 g/mol. The highest BCUT2D eigenvalue weighted by Crippen LogP contribution is 2.23. The van der Waals surface area contributed by atoms with Gasteiger partial charge in [-0.15, -0.1) is 0 Å². The van der Waals surface area contributed by atoms with E-state index in [0.29, 0.717) is 26.2 Å². The Morgan fingerprint density at radius 3 is 2.16 bits per heavy atom. The summed E-state index contributed by atoms with van der Waals surface area (Å²) in [5.74, 6) is 0.0116. The second kappa shape index (κ2) is 7.82. The monoisotopic (exact) mass is 368 g/mol. The fraction of sp³-hybridized carbons (Fsp3) is 0.588. The highest BCUT2D eigenvalue weighted by Gasteiger charge is 2.33. The van der Waals surface area contributed by atoms with Crippen LogP contribution in [-0.4, -0.2) is 87.1 Å². The van der Waals surface area contributed by atoms with Gasteiger partial charge in [-0.05, 0) is 26.6 Å². The van der Waals surface area contributed by atoms with E-state index in [-0.39, 0.29) is 11.9 Å². The zero-order chi connectivity index (χ0) is 18.8. The van der Waals surface area contributed by atoms with E-state index in [0.717, 1.165) is 11.1 Å². The summed E-state index contributed by atoms with van der Waals surface area (Å²) in [4.78, 5) is 16.7. The van der Waals surface area contributed by atoms with Crippen LogP contribution >= 0.6 is 0 Å². The van der Waals surface area contributed by atoms with Gasteiger partial charge >= 0.3 is 0 Å². The minimum atomic E-state index is -3.43. The van der Waals surface area contributed by atoms with Gasteiger partial charge < -0.3 is 4.90 Å². The van der Waals surface area contributed by atoms with Crippen molar-refractivity contribution < 1.29 is 13.2 Å². The Morgan fingerprint density at radius 2 is 1.68 bits per heavy atom. The number of piperazine rings is 1. The molecule has 1 aromatic rings. The van der Waals surface area contributed by atoms with Gasteiger partial charge in [0.25, 0.3) is 10.2 Å². The molecule has 140 valence electrons. The summed E-state index contributed by atoms with van der Waals surface area (Å²) in [6.45, 7) is 3.45. The molecule has 0 spiro atoms. The topological polar surface area (TPSA) is 64.2 Å². The van der Waals surface area contributed by atoms with E-state index < -0.39 is 10.2 Å². The fourth-order valence-electron chi connectivity index (χ4n) is 3.04. The van der Waals surface area contributed by atoms with Crippen molar-refractivity contribution in [3.8, 4) is 0 Å². The molecular weight excluding hydrogens is 340 g/mol. The largest absolute Gasteiger partial charge is 0.338 e. The first kappa shape index (κ1) is 19.8. The van der Waals surface area contributed by atoms with Gasteiger partial charge in [0.15, 0.2) is 0 Å². The van der Waals surface area contributed by atoms with Crippen molar-refractivity contribution in [3.05, 3.63) is 35.4 Å². The van der Waals surface area contributed by atoms with Gasteiger partial charge in [0.05, 0.1) is 0 Å². The molecule has 8 heteroatoms. The fourth-order valence-corrected chi connectivity index (χ4v) is 4.13. The Labute approximate surface area is 151 Å². The molecular formula is C17H28N4O3S. The second-order valence-corrected chi connectivity index (χ2v) is 8.94. The maximum absolute atomic E-state index is 13.0. The minimum absolute atomic E-state index is 0.0116. The van der Waals surface area contributed by atoms with Crippen molar-refractivity contribution in [1.29, 1.82) is 0 Å². The number of hydrogen-bond donors (Lipinski definition) is 0. The molecule has 7 nitrogen and oxygen atoms in total. The summed E-state index contributed by atoms with van der Waals surface area (Å²) in [6.07, 6.45) is 0. The van der Waals surface area contributed by atoms with Gasteiger partial charge in [-0.3, -0.25) is 9.69 Å². The maximum Gasteiger partial charge on any atom is 0.281 e. The minimum Gasteiger partial charge on any atom is -0.338 e. The maximum atomic E-state index is 13.0. The van der Waals surface area contributed by atoms with Crippen LogP contribution in [0.25, 0.3) is 0 Å². The number of rotatable bonds is 5. The van der Waals surface area contributed by atoms with E-state index in [9.17, 15) is 13.2 Å². The van der Waals surface area contributed by atoms with Gasteiger partial charge in [0, 0.05) is 40.3 Å². The highest BCUT2D eigenvalue weighted by atomic mass is 32.2. The number of carbonyl (C=O) groups excluding carboxylic acids is 1. The van der Waals surface area contributed by atoms with E-state index in [1.807, 2.05) is 50.2 Å². The van der Waals surface area contributed by atoms with Crippen molar-refractivity contribution >= 4 is 16.1 Å². The molecule has 1 atom stereocenters. The molecule has 0 radical (unpaired) electrons. The first-order valence-corrected chi connectivity index (χ1v) is 9.73. The standard InChI is InChI=1S/C17H28N4O3S/c1-14-7-6-8-15(13-14)16(18(2)3)17(22)20-9-11-21(12-10-20)25(23,24)19(4)5/h6-8,13,16H,9-12H2,1-5H3/t16-/m0/s1. The van der Waals surface area contributed by atoms with Crippen LogP contribution in [0.15, 0.2) is 24.3 Å². The Kier molecular flexibility index (Phi) is 6.21. The lowest BCUT2D eigenvalue weighted by Gasteiger charge is -2.37. The van der Waals surface area contributed by atoms with Crippen molar-refractivity contribution in [3.63, 3.8) is 0 Å². The smallest absolute Gasteiger partial charge is 0.281 e. The van der Waals surface area contributed by atoms with Crippen LogP contribution in [0.4, 0.5) is 0 Å². The SMILES string of the molecule is Cc1cccc([C@@H](C(=O)N2CCN(S(=O)(=O)N(C)C)CC2)N(C)C)c1. The molecule has 25 heavy (non-hydrogen) atoms. The molecule has 0 bridgehead atoms. The molecule has 0 saturated carbocycles. The number of hydrogen-bond acceptors (Lipinski definition) is 4. The Hall–Kier alpha value is -1.48. The van der Waals surface area contributed by atoms with Crippen LogP contribution in [0.5, 0.6) is 0 Å². The molecule has 1 fully saturated rings. The van der Waals surface area contributed by atoms with Gasteiger partial charge in [-0.2, -0.15) is 17.0 Å². The Bertz CT molecular complexity index is 710. The molecule has 1 saturated heterocycles. The number of carbonyl (C=O) groups is 1. The first-order chi connectivity index (χ1) is 11.6. The predicted octanol–water partition coefficient (Wildman–Crippen LogP) is 0.548. The molecule has 1 aliphatic heterocycles. The van der Waals surface area contributed by atoms with Crippen molar-refractivity contribution in [2.75, 3.05) is 54.4 Å². The number of aryl methyl sites for hydroxylation is 1.